The van der Waals surface area contributed by atoms with Gasteiger partial charge < -0.3 is 5.73 Å². The summed E-state index contributed by atoms with van der Waals surface area (Å²) in [4.78, 5) is 4.29. The Morgan fingerprint density at radius 2 is 1.64 bits per heavy atom. The molecule has 14 heavy (non-hydrogen) atoms. The zero-order valence-electron chi connectivity index (χ0n) is 7.93. The quantitative estimate of drug-likeness (QED) is 0.755. The Balaban J connectivity index is 2.30. The molecular formula is C12H13N2+. The molecule has 2 heteroatoms. The summed E-state index contributed by atoms with van der Waals surface area (Å²) >= 11 is 0. The van der Waals surface area contributed by atoms with Gasteiger partial charge in [-0.3, -0.25) is 4.98 Å². The van der Waals surface area contributed by atoms with E-state index in [2.05, 4.69) is 22.9 Å². The van der Waals surface area contributed by atoms with E-state index in [0.29, 0.717) is 0 Å². The molecule has 0 saturated heterocycles. The van der Waals surface area contributed by atoms with Gasteiger partial charge in [-0.25, -0.2) is 0 Å². The third kappa shape index (κ3) is 1.80. The van der Waals surface area contributed by atoms with Crippen LogP contribution in [0.4, 0.5) is 0 Å². The summed E-state index contributed by atoms with van der Waals surface area (Å²) in [6, 6.07) is 16.2. The lowest BCUT2D eigenvalue weighted by Crippen LogP contribution is -2.54. The number of nitrogens with zero attached hydrogens (tertiary/aromatic N) is 1. The van der Waals surface area contributed by atoms with Crippen LogP contribution in [0.2, 0.25) is 0 Å². The molecule has 0 aliphatic rings. The first-order valence-electron chi connectivity index (χ1n) is 4.67. The van der Waals surface area contributed by atoms with Gasteiger partial charge in [0.05, 0.1) is 0 Å². The Kier molecular flexibility index (Phi) is 2.56. The fraction of sp³-hybridized carbons (Fsp3) is 0.0833. The third-order valence-electron chi connectivity index (χ3n) is 2.25. The zero-order valence-corrected chi connectivity index (χ0v) is 7.93. The van der Waals surface area contributed by atoms with Gasteiger partial charge in [0, 0.05) is 11.8 Å². The Morgan fingerprint density at radius 1 is 0.929 bits per heavy atom. The molecule has 0 aliphatic carbocycles. The highest BCUT2D eigenvalue weighted by Gasteiger charge is 2.11. The predicted molar refractivity (Wildman–Crippen MR) is 55.4 cm³/mol. The highest BCUT2D eigenvalue weighted by molar-refractivity contribution is 5.24. The first-order valence-corrected chi connectivity index (χ1v) is 4.67. The van der Waals surface area contributed by atoms with Gasteiger partial charge in [-0.2, -0.15) is 0 Å². The van der Waals surface area contributed by atoms with Crippen LogP contribution in [0.5, 0.6) is 0 Å². The monoisotopic (exact) mass is 185 g/mol. The van der Waals surface area contributed by atoms with Crippen LogP contribution in [0, 0.1) is 0 Å². The van der Waals surface area contributed by atoms with Crippen LogP contribution in [0.15, 0.2) is 54.7 Å². The SMILES string of the molecule is [NH3+][C@H](c1ccccc1)c1ccccn1. The molecular weight excluding hydrogens is 172 g/mol. The highest BCUT2D eigenvalue weighted by Crippen LogP contribution is 2.14. The second kappa shape index (κ2) is 4.03. The molecule has 1 atom stereocenters. The zero-order chi connectivity index (χ0) is 9.80. The summed E-state index contributed by atoms with van der Waals surface area (Å²) in [5.41, 5.74) is 6.33. The largest absolute Gasteiger partial charge is 0.346 e. The van der Waals surface area contributed by atoms with Crippen LogP contribution in [0.1, 0.15) is 17.3 Å². The van der Waals surface area contributed by atoms with Crippen molar-refractivity contribution >= 4 is 0 Å². The topological polar surface area (TPSA) is 40.5 Å². The van der Waals surface area contributed by atoms with E-state index in [1.807, 2.05) is 36.4 Å². The van der Waals surface area contributed by atoms with E-state index in [0.717, 1.165) is 5.69 Å². The first kappa shape index (κ1) is 8.91. The van der Waals surface area contributed by atoms with Crippen LogP contribution in [-0.4, -0.2) is 4.98 Å². The molecule has 0 spiro atoms. The number of hydrogen-bond donors (Lipinski definition) is 1. The lowest BCUT2D eigenvalue weighted by molar-refractivity contribution is -0.412. The number of hydrogen-bond acceptors (Lipinski definition) is 1. The van der Waals surface area contributed by atoms with Crippen molar-refractivity contribution in [2.45, 2.75) is 6.04 Å². The van der Waals surface area contributed by atoms with E-state index in [9.17, 15) is 0 Å². The second-order valence-electron chi connectivity index (χ2n) is 3.22. The average Bonchev–Trinajstić information content (AvgIpc) is 2.30. The summed E-state index contributed by atoms with van der Waals surface area (Å²) in [5.74, 6) is 0. The summed E-state index contributed by atoms with van der Waals surface area (Å²) in [6.07, 6.45) is 1.80. The Morgan fingerprint density at radius 3 is 2.29 bits per heavy atom. The lowest BCUT2D eigenvalue weighted by Gasteiger charge is -2.07. The van der Waals surface area contributed by atoms with Crippen molar-refractivity contribution in [2.75, 3.05) is 0 Å². The summed E-state index contributed by atoms with van der Waals surface area (Å²) < 4.78 is 0. The van der Waals surface area contributed by atoms with Crippen molar-refractivity contribution in [3.8, 4) is 0 Å². The maximum atomic E-state index is 4.29. The molecule has 1 aromatic heterocycles. The number of quaternary nitrogens is 1. The summed E-state index contributed by atoms with van der Waals surface area (Å²) in [5, 5.41) is 0. The molecule has 70 valence electrons. The number of pyridine rings is 1. The van der Waals surface area contributed by atoms with Crippen LogP contribution in [-0.2, 0) is 0 Å². The van der Waals surface area contributed by atoms with Gasteiger partial charge >= 0.3 is 0 Å². The van der Waals surface area contributed by atoms with Crippen LogP contribution >= 0.6 is 0 Å². The molecule has 3 N–H and O–H groups in total. The maximum absolute atomic E-state index is 4.29. The normalized spacial score (nSPS) is 12.4. The van der Waals surface area contributed by atoms with E-state index < -0.39 is 0 Å². The van der Waals surface area contributed by atoms with Crippen molar-refractivity contribution in [1.82, 2.24) is 4.98 Å². The first-order chi connectivity index (χ1) is 6.88. The van der Waals surface area contributed by atoms with Gasteiger partial charge in [0.2, 0.25) is 0 Å². The highest BCUT2D eigenvalue weighted by atomic mass is 14.8. The molecule has 0 saturated carbocycles. The van der Waals surface area contributed by atoms with E-state index in [1.54, 1.807) is 6.20 Å². The number of aromatic nitrogens is 1. The van der Waals surface area contributed by atoms with Crippen molar-refractivity contribution in [3.63, 3.8) is 0 Å². The fourth-order valence-corrected chi connectivity index (χ4v) is 1.44. The van der Waals surface area contributed by atoms with Gasteiger partial charge in [0.1, 0.15) is 5.69 Å². The van der Waals surface area contributed by atoms with Crippen LogP contribution in [0.3, 0.4) is 0 Å². The van der Waals surface area contributed by atoms with Gasteiger partial charge in [-0.1, -0.05) is 36.4 Å². The van der Waals surface area contributed by atoms with Crippen molar-refractivity contribution in [3.05, 3.63) is 66.0 Å². The second-order valence-corrected chi connectivity index (χ2v) is 3.22. The Bertz CT molecular complexity index is 344. The molecule has 1 aromatic carbocycles. The minimum Gasteiger partial charge on any atom is -0.346 e. The molecule has 0 fully saturated rings. The molecule has 1 heterocycles. The molecule has 0 unspecified atom stereocenters. The van der Waals surface area contributed by atoms with E-state index in [1.165, 1.54) is 5.56 Å². The van der Waals surface area contributed by atoms with Gasteiger partial charge in [-0.05, 0) is 12.1 Å². The van der Waals surface area contributed by atoms with Gasteiger partial charge in [-0.15, -0.1) is 0 Å². The smallest absolute Gasteiger partial charge is 0.153 e. The molecule has 0 amide bonds. The standard InChI is InChI=1S/C12H12N2/c13-12(10-6-2-1-3-7-10)11-8-4-5-9-14-11/h1-9,12H,13H2/p+1/t12-/m1/s1. The average molecular weight is 185 g/mol. The van der Waals surface area contributed by atoms with E-state index >= 15 is 0 Å². The summed E-state index contributed by atoms with van der Waals surface area (Å²) in [6.45, 7) is 0. The van der Waals surface area contributed by atoms with Crippen molar-refractivity contribution < 1.29 is 5.73 Å². The van der Waals surface area contributed by atoms with Crippen molar-refractivity contribution in [2.24, 2.45) is 0 Å². The number of rotatable bonds is 2. The minimum absolute atomic E-state index is 0.123. The fourth-order valence-electron chi connectivity index (χ4n) is 1.44. The molecule has 0 bridgehead atoms. The summed E-state index contributed by atoms with van der Waals surface area (Å²) in [7, 11) is 0. The molecule has 2 aromatic rings. The Hall–Kier alpha value is -1.67. The van der Waals surface area contributed by atoms with E-state index in [4.69, 9.17) is 0 Å². The third-order valence-corrected chi connectivity index (χ3v) is 2.25. The van der Waals surface area contributed by atoms with Gasteiger partial charge in [0.15, 0.2) is 6.04 Å². The lowest BCUT2D eigenvalue weighted by atomic mass is 10.0. The van der Waals surface area contributed by atoms with Crippen molar-refractivity contribution in [1.29, 1.82) is 0 Å². The maximum Gasteiger partial charge on any atom is 0.153 e. The Labute approximate surface area is 83.4 Å². The molecule has 2 rings (SSSR count). The molecule has 0 aliphatic heterocycles. The van der Waals surface area contributed by atoms with E-state index in [-0.39, 0.29) is 6.04 Å². The predicted octanol–water partition coefficient (Wildman–Crippen LogP) is 1.41. The molecule has 0 radical (unpaired) electrons. The number of benzene rings is 1. The van der Waals surface area contributed by atoms with Crippen LogP contribution in [0.25, 0.3) is 0 Å². The minimum atomic E-state index is 0.123. The van der Waals surface area contributed by atoms with Crippen LogP contribution < -0.4 is 5.73 Å². The molecule has 2 nitrogen and oxygen atoms in total. The van der Waals surface area contributed by atoms with Gasteiger partial charge in [0.25, 0.3) is 0 Å².